The summed E-state index contributed by atoms with van der Waals surface area (Å²) in [6.07, 6.45) is 2.77. The van der Waals surface area contributed by atoms with Gasteiger partial charge in [-0.3, -0.25) is 4.79 Å². The highest BCUT2D eigenvalue weighted by molar-refractivity contribution is 5.69. The summed E-state index contributed by atoms with van der Waals surface area (Å²) in [6.45, 7) is 3.06. The molecule has 1 rings (SSSR count). The van der Waals surface area contributed by atoms with E-state index in [9.17, 15) is 9.90 Å². The summed E-state index contributed by atoms with van der Waals surface area (Å²) < 4.78 is 9.77. The first-order valence-electron chi connectivity index (χ1n) is 6.25. The lowest BCUT2D eigenvalue weighted by Gasteiger charge is -2.22. The number of rotatable bonds is 7. The molecule has 0 spiro atoms. The normalized spacial score (nSPS) is 18.9. The maximum Gasteiger partial charge on any atom is 0.308 e. The first kappa shape index (κ1) is 14.4. The second-order valence-electron chi connectivity index (χ2n) is 4.48. The van der Waals surface area contributed by atoms with Gasteiger partial charge in [0.1, 0.15) is 0 Å². The SMILES string of the molecule is COC(=O)CC(O)CNCCC1CCOCC1. The number of carbonyl (C=O) groups is 1. The Morgan fingerprint density at radius 2 is 2.24 bits per heavy atom. The predicted molar refractivity (Wildman–Crippen MR) is 63.7 cm³/mol. The third kappa shape index (κ3) is 6.61. The van der Waals surface area contributed by atoms with Gasteiger partial charge in [-0.2, -0.15) is 0 Å². The van der Waals surface area contributed by atoms with Gasteiger partial charge >= 0.3 is 5.97 Å². The third-order valence-corrected chi connectivity index (χ3v) is 3.08. The van der Waals surface area contributed by atoms with Crippen molar-refractivity contribution in [2.75, 3.05) is 33.4 Å². The molecule has 0 amide bonds. The first-order chi connectivity index (χ1) is 8.22. The fraction of sp³-hybridized carbons (Fsp3) is 0.917. The van der Waals surface area contributed by atoms with Gasteiger partial charge in [0.25, 0.3) is 0 Å². The van der Waals surface area contributed by atoms with E-state index in [2.05, 4.69) is 10.1 Å². The zero-order valence-corrected chi connectivity index (χ0v) is 10.5. The van der Waals surface area contributed by atoms with E-state index in [0.717, 1.165) is 44.9 Å². The van der Waals surface area contributed by atoms with E-state index < -0.39 is 6.10 Å². The minimum absolute atomic E-state index is 0.0563. The molecule has 1 unspecified atom stereocenters. The Morgan fingerprint density at radius 3 is 2.88 bits per heavy atom. The van der Waals surface area contributed by atoms with Crippen molar-refractivity contribution in [2.45, 2.75) is 31.8 Å². The van der Waals surface area contributed by atoms with Gasteiger partial charge < -0.3 is 19.9 Å². The van der Waals surface area contributed by atoms with Gasteiger partial charge in [0.05, 0.1) is 19.6 Å². The van der Waals surface area contributed by atoms with Crippen LogP contribution in [0.2, 0.25) is 0 Å². The molecule has 1 saturated heterocycles. The van der Waals surface area contributed by atoms with Crippen LogP contribution in [0.25, 0.3) is 0 Å². The smallest absolute Gasteiger partial charge is 0.308 e. The van der Waals surface area contributed by atoms with Crippen LogP contribution in [0.3, 0.4) is 0 Å². The molecule has 1 fully saturated rings. The van der Waals surface area contributed by atoms with Crippen molar-refractivity contribution >= 4 is 5.97 Å². The lowest BCUT2D eigenvalue weighted by molar-refractivity contribution is -0.142. The van der Waals surface area contributed by atoms with Crippen molar-refractivity contribution in [3.05, 3.63) is 0 Å². The number of hydrogen-bond donors (Lipinski definition) is 2. The molecule has 5 heteroatoms. The van der Waals surface area contributed by atoms with Gasteiger partial charge in [-0.05, 0) is 31.7 Å². The van der Waals surface area contributed by atoms with E-state index in [1.54, 1.807) is 0 Å². The van der Waals surface area contributed by atoms with Crippen molar-refractivity contribution in [2.24, 2.45) is 5.92 Å². The summed E-state index contributed by atoms with van der Waals surface area (Å²) in [5, 5.41) is 12.7. The number of ether oxygens (including phenoxy) is 2. The fourth-order valence-electron chi connectivity index (χ4n) is 1.96. The molecular formula is C12H23NO4. The van der Waals surface area contributed by atoms with Gasteiger partial charge in [-0.1, -0.05) is 0 Å². The molecule has 1 atom stereocenters. The molecule has 2 N–H and O–H groups in total. The van der Waals surface area contributed by atoms with Gasteiger partial charge in [0, 0.05) is 19.8 Å². The molecule has 0 bridgehead atoms. The van der Waals surface area contributed by atoms with E-state index >= 15 is 0 Å². The minimum Gasteiger partial charge on any atom is -0.469 e. The molecule has 100 valence electrons. The van der Waals surface area contributed by atoms with Crippen LogP contribution in [-0.4, -0.2) is 50.6 Å². The van der Waals surface area contributed by atoms with E-state index in [1.165, 1.54) is 7.11 Å². The summed E-state index contributed by atoms with van der Waals surface area (Å²) >= 11 is 0. The Balaban J connectivity index is 1.97. The highest BCUT2D eigenvalue weighted by Gasteiger charge is 2.14. The molecule has 0 aliphatic carbocycles. The van der Waals surface area contributed by atoms with E-state index in [0.29, 0.717) is 6.54 Å². The highest BCUT2D eigenvalue weighted by atomic mass is 16.5. The number of methoxy groups -OCH3 is 1. The Morgan fingerprint density at radius 1 is 1.53 bits per heavy atom. The number of aliphatic hydroxyl groups excluding tert-OH is 1. The molecule has 5 nitrogen and oxygen atoms in total. The van der Waals surface area contributed by atoms with Crippen molar-refractivity contribution in [1.82, 2.24) is 5.32 Å². The van der Waals surface area contributed by atoms with E-state index in [1.807, 2.05) is 0 Å². The Labute approximate surface area is 102 Å². The van der Waals surface area contributed by atoms with Crippen LogP contribution in [0.15, 0.2) is 0 Å². The second-order valence-corrected chi connectivity index (χ2v) is 4.48. The largest absolute Gasteiger partial charge is 0.469 e. The summed E-state index contributed by atoms with van der Waals surface area (Å²) in [4.78, 5) is 10.9. The van der Waals surface area contributed by atoms with Crippen LogP contribution >= 0.6 is 0 Å². The maximum absolute atomic E-state index is 10.9. The summed E-state index contributed by atoms with van der Waals surface area (Å²) in [6, 6.07) is 0. The van der Waals surface area contributed by atoms with Crippen molar-refractivity contribution in [3.63, 3.8) is 0 Å². The summed E-state index contributed by atoms with van der Waals surface area (Å²) in [7, 11) is 1.33. The molecule has 1 aliphatic rings. The van der Waals surface area contributed by atoms with Gasteiger partial charge in [-0.25, -0.2) is 0 Å². The quantitative estimate of drug-likeness (QED) is 0.499. The van der Waals surface area contributed by atoms with Crippen LogP contribution < -0.4 is 5.32 Å². The number of esters is 1. The number of aliphatic hydroxyl groups is 1. The van der Waals surface area contributed by atoms with E-state index in [-0.39, 0.29) is 12.4 Å². The standard InChI is InChI=1S/C12H23NO4/c1-16-12(15)8-11(14)9-13-5-2-10-3-6-17-7-4-10/h10-11,13-14H,2-9H2,1H3. The molecule has 0 aromatic rings. The Hall–Kier alpha value is -0.650. The molecular weight excluding hydrogens is 222 g/mol. The zero-order valence-electron chi connectivity index (χ0n) is 10.5. The number of carbonyl (C=O) groups excluding carboxylic acids is 1. The van der Waals surface area contributed by atoms with E-state index in [4.69, 9.17) is 4.74 Å². The topological polar surface area (TPSA) is 67.8 Å². The molecule has 0 radical (unpaired) electrons. The molecule has 0 saturated carbocycles. The lowest BCUT2D eigenvalue weighted by Crippen LogP contribution is -2.31. The highest BCUT2D eigenvalue weighted by Crippen LogP contribution is 2.17. The monoisotopic (exact) mass is 245 g/mol. The minimum atomic E-state index is -0.655. The van der Waals surface area contributed by atoms with Crippen molar-refractivity contribution < 1.29 is 19.4 Å². The number of hydrogen-bond acceptors (Lipinski definition) is 5. The van der Waals surface area contributed by atoms with Crippen molar-refractivity contribution in [3.8, 4) is 0 Å². The second kappa shape index (κ2) is 8.44. The number of nitrogens with one attached hydrogen (secondary N) is 1. The average molecular weight is 245 g/mol. The molecule has 1 heterocycles. The first-order valence-corrected chi connectivity index (χ1v) is 6.25. The van der Waals surface area contributed by atoms with Crippen LogP contribution in [-0.2, 0) is 14.3 Å². The maximum atomic E-state index is 10.9. The third-order valence-electron chi connectivity index (χ3n) is 3.08. The van der Waals surface area contributed by atoms with Crippen LogP contribution in [0.1, 0.15) is 25.7 Å². The van der Waals surface area contributed by atoms with Crippen LogP contribution in [0, 0.1) is 5.92 Å². The van der Waals surface area contributed by atoms with Crippen LogP contribution in [0.4, 0.5) is 0 Å². The summed E-state index contributed by atoms with van der Waals surface area (Å²) in [5.41, 5.74) is 0. The molecule has 17 heavy (non-hydrogen) atoms. The zero-order chi connectivity index (χ0) is 12.5. The average Bonchev–Trinajstić information content (AvgIpc) is 2.36. The fourth-order valence-corrected chi connectivity index (χ4v) is 1.96. The van der Waals surface area contributed by atoms with Gasteiger partial charge in [0.15, 0.2) is 0 Å². The summed E-state index contributed by atoms with van der Waals surface area (Å²) in [5.74, 6) is 0.359. The Bertz CT molecular complexity index is 217. The predicted octanol–water partition coefficient (Wildman–Crippen LogP) is 0.317. The van der Waals surface area contributed by atoms with Gasteiger partial charge in [-0.15, -0.1) is 0 Å². The Kier molecular flexibility index (Phi) is 7.16. The van der Waals surface area contributed by atoms with Crippen molar-refractivity contribution in [1.29, 1.82) is 0 Å². The molecule has 1 aliphatic heterocycles. The molecule has 0 aromatic heterocycles. The van der Waals surface area contributed by atoms with Crippen LogP contribution in [0.5, 0.6) is 0 Å². The van der Waals surface area contributed by atoms with Gasteiger partial charge in [0.2, 0.25) is 0 Å². The molecule has 0 aromatic carbocycles. The lowest BCUT2D eigenvalue weighted by atomic mass is 9.97.